The van der Waals surface area contributed by atoms with E-state index >= 15 is 0 Å². The molecule has 0 aliphatic carbocycles. The van der Waals surface area contributed by atoms with Crippen molar-refractivity contribution in [2.45, 2.75) is 32.2 Å². The molecule has 94 valence electrons. The van der Waals surface area contributed by atoms with Crippen LogP contribution < -0.4 is 5.32 Å². The van der Waals surface area contributed by atoms with Crippen LogP contribution in [0.25, 0.3) is 0 Å². The van der Waals surface area contributed by atoms with Gasteiger partial charge in [0.1, 0.15) is 0 Å². The third kappa shape index (κ3) is 2.16. The van der Waals surface area contributed by atoms with Gasteiger partial charge >= 0.3 is 0 Å². The third-order valence-corrected chi connectivity index (χ3v) is 4.09. The second kappa shape index (κ2) is 4.87. The van der Waals surface area contributed by atoms with Gasteiger partial charge in [-0.15, -0.1) is 12.4 Å². The van der Waals surface area contributed by atoms with Crippen LogP contribution in [0.15, 0.2) is 18.2 Å². The molecule has 0 amide bonds. The maximum absolute atomic E-state index is 3.68. The number of hydrogen-bond acceptors (Lipinski definition) is 2. The van der Waals surface area contributed by atoms with Gasteiger partial charge in [0.25, 0.3) is 0 Å². The quantitative estimate of drug-likeness (QED) is 0.827. The molecule has 0 unspecified atom stereocenters. The highest BCUT2D eigenvalue weighted by Crippen LogP contribution is 2.40. The Morgan fingerprint density at radius 2 is 2.24 bits per heavy atom. The summed E-state index contributed by atoms with van der Waals surface area (Å²) in [6.07, 6.45) is 1.28. The normalized spacial score (nSPS) is 26.7. The molecule has 0 radical (unpaired) electrons. The molecule has 0 spiro atoms. The molecule has 3 heteroatoms. The minimum Gasteiger partial charge on any atom is -0.381 e. The molecule has 2 nitrogen and oxygen atoms in total. The van der Waals surface area contributed by atoms with Crippen molar-refractivity contribution in [1.29, 1.82) is 0 Å². The van der Waals surface area contributed by atoms with Gasteiger partial charge in [0.05, 0.1) is 0 Å². The fourth-order valence-electron chi connectivity index (χ4n) is 3.11. The fraction of sp³-hybridized carbons (Fsp3) is 0.571. The SMILES string of the molecule is CCN1CC[C@H]2Nc3ccc(C)cc3[C@H]2C1.Cl. The number of fused-ring (bicyclic) bond motifs is 3. The Balaban J connectivity index is 0.00000108. The molecule has 0 saturated carbocycles. The summed E-state index contributed by atoms with van der Waals surface area (Å²) >= 11 is 0. The van der Waals surface area contributed by atoms with E-state index < -0.39 is 0 Å². The predicted molar refractivity (Wildman–Crippen MR) is 75.3 cm³/mol. The number of likely N-dealkylation sites (N-methyl/N-ethyl adjacent to an activating group) is 1. The number of aryl methyl sites for hydroxylation is 1. The first-order chi connectivity index (χ1) is 7.78. The van der Waals surface area contributed by atoms with Gasteiger partial charge in [0, 0.05) is 30.7 Å². The zero-order valence-electron chi connectivity index (χ0n) is 10.6. The predicted octanol–water partition coefficient (Wildman–Crippen LogP) is 3.02. The first-order valence-corrected chi connectivity index (χ1v) is 6.37. The van der Waals surface area contributed by atoms with Gasteiger partial charge in [-0.05, 0) is 31.5 Å². The van der Waals surface area contributed by atoms with Crippen molar-refractivity contribution < 1.29 is 0 Å². The lowest BCUT2D eigenvalue weighted by Gasteiger charge is -2.34. The molecule has 1 fully saturated rings. The van der Waals surface area contributed by atoms with E-state index in [-0.39, 0.29) is 12.4 Å². The van der Waals surface area contributed by atoms with Crippen molar-refractivity contribution in [2.24, 2.45) is 0 Å². The Bertz CT molecular complexity index is 405. The van der Waals surface area contributed by atoms with Crippen molar-refractivity contribution >= 4 is 18.1 Å². The van der Waals surface area contributed by atoms with E-state index in [0.717, 1.165) is 0 Å². The van der Waals surface area contributed by atoms with Crippen molar-refractivity contribution in [2.75, 3.05) is 25.0 Å². The second-order valence-corrected chi connectivity index (χ2v) is 5.13. The molecule has 1 aromatic rings. The minimum atomic E-state index is 0. The van der Waals surface area contributed by atoms with Crippen molar-refractivity contribution in [3.05, 3.63) is 29.3 Å². The van der Waals surface area contributed by atoms with Crippen LogP contribution in [0, 0.1) is 6.92 Å². The zero-order valence-corrected chi connectivity index (χ0v) is 11.4. The number of benzene rings is 1. The molecule has 17 heavy (non-hydrogen) atoms. The fourth-order valence-corrected chi connectivity index (χ4v) is 3.11. The molecule has 1 aromatic carbocycles. The molecule has 2 aliphatic rings. The molecule has 2 atom stereocenters. The van der Waals surface area contributed by atoms with Crippen molar-refractivity contribution in [3.63, 3.8) is 0 Å². The number of hydrogen-bond donors (Lipinski definition) is 1. The smallest absolute Gasteiger partial charge is 0.0379 e. The highest BCUT2D eigenvalue weighted by molar-refractivity contribution is 5.85. The Hall–Kier alpha value is -0.730. The number of nitrogens with one attached hydrogen (secondary N) is 1. The molecule has 2 aliphatic heterocycles. The van der Waals surface area contributed by atoms with Gasteiger partial charge < -0.3 is 10.2 Å². The first-order valence-electron chi connectivity index (χ1n) is 6.37. The van der Waals surface area contributed by atoms with Gasteiger partial charge in [0.2, 0.25) is 0 Å². The monoisotopic (exact) mass is 252 g/mol. The maximum atomic E-state index is 3.68. The van der Waals surface area contributed by atoms with E-state index in [1.165, 1.54) is 37.3 Å². The summed E-state index contributed by atoms with van der Waals surface area (Å²) < 4.78 is 0. The number of halogens is 1. The Kier molecular flexibility index (Phi) is 3.64. The van der Waals surface area contributed by atoms with Crippen LogP contribution >= 0.6 is 12.4 Å². The number of likely N-dealkylation sites (tertiary alicyclic amines) is 1. The molecule has 1 saturated heterocycles. The van der Waals surface area contributed by atoms with Gasteiger partial charge in [-0.1, -0.05) is 24.6 Å². The number of piperidine rings is 1. The highest BCUT2D eigenvalue weighted by Gasteiger charge is 2.35. The van der Waals surface area contributed by atoms with Gasteiger partial charge in [-0.3, -0.25) is 0 Å². The van der Waals surface area contributed by atoms with E-state index in [1.807, 2.05) is 0 Å². The molecular weight excluding hydrogens is 232 g/mol. The summed E-state index contributed by atoms with van der Waals surface area (Å²) in [6, 6.07) is 7.51. The summed E-state index contributed by atoms with van der Waals surface area (Å²) in [5, 5.41) is 3.68. The molecule has 0 aromatic heterocycles. The van der Waals surface area contributed by atoms with Crippen LogP contribution in [0.4, 0.5) is 5.69 Å². The largest absolute Gasteiger partial charge is 0.381 e. The molecule has 2 heterocycles. The van der Waals surface area contributed by atoms with E-state index in [9.17, 15) is 0 Å². The lowest BCUT2D eigenvalue weighted by Crippen LogP contribution is -2.41. The molecular formula is C14H21ClN2. The van der Waals surface area contributed by atoms with E-state index in [1.54, 1.807) is 5.56 Å². The summed E-state index contributed by atoms with van der Waals surface area (Å²) in [5.74, 6) is 0.712. The summed E-state index contributed by atoms with van der Waals surface area (Å²) in [6.45, 7) is 8.11. The van der Waals surface area contributed by atoms with Crippen LogP contribution in [0.5, 0.6) is 0 Å². The first kappa shape index (κ1) is 12.7. The number of nitrogens with zero attached hydrogens (tertiary/aromatic N) is 1. The molecule has 3 rings (SSSR count). The maximum Gasteiger partial charge on any atom is 0.0379 e. The lowest BCUT2D eigenvalue weighted by molar-refractivity contribution is 0.211. The van der Waals surface area contributed by atoms with E-state index in [0.29, 0.717) is 12.0 Å². The standard InChI is InChI=1S/C14H20N2.ClH/c1-3-16-7-6-14-12(9-16)11-8-10(2)4-5-13(11)15-14;/h4-5,8,12,14-15H,3,6-7,9H2,1-2H3;1H/t12-,14-;/m1./s1. The van der Waals surface area contributed by atoms with Gasteiger partial charge in [-0.2, -0.15) is 0 Å². The summed E-state index contributed by atoms with van der Waals surface area (Å²) in [4.78, 5) is 2.57. The Labute approximate surface area is 110 Å². The topological polar surface area (TPSA) is 15.3 Å². The minimum absolute atomic E-state index is 0. The van der Waals surface area contributed by atoms with Gasteiger partial charge in [-0.25, -0.2) is 0 Å². The van der Waals surface area contributed by atoms with Crippen molar-refractivity contribution in [1.82, 2.24) is 4.90 Å². The van der Waals surface area contributed by atoms with Crippen LogP contribution in [-0.2, 0) is 0 Å². The average molecular weight is 253 g/mol. The number of anilines is 1. The number of rotatable bonds is 1. The average Bonchev–Trinajstić information content (AvgIpc) is 2.66. The Morgan fingerprint density at radius 1 is 1.41 bits per heavy atom. The van der Waals surface area contributed by atoms with Crippen molar-refractivity contribution in [3.8, 4) is 0 Å². The second-order valence-electron chi connectivity index (χ2n) is 5.13. The zero-order chi connectivity index (χ0) is 11.1. The van der Waals surface area contributed by atoms with Crippen LogP contribution in [-0.4, -0.2) is 30.6 Å². The van der Waals surface area contributed by atoms with E-state index in [4.69, 9.17) is 0 Å². The highest BCUT2D eigenvalue weighted by atomic mass is 35.5. The Morgan fingerprint density at radius 3 is 3.00 bits per heavy atom. The van der Waals surface area contributed by atoms with Crippen LogP contribution in [0.3, 0.4) is 0 Å². The molecule has 1 N–H and O–H groups in total. The summed E-state index contributed by atoms with van der Waals surface area (Å²) in [7, 11) is 0. The molecule has 0 bridgehead atoms. The van der Waals surface area contributed by atoms with Gasteiger partial charge in [0.15, 0.2) is 0 Å². The van der Waals surface area contributed by atoms with E-state index in [2.05, 4.69) is 42.3 Å². The lowest BCUT2D eigenvalue weighted by atomic mass is 9.89. The third-order valence-electron chi connectivity index (χ3n) is 4.09. The summed E-state index contributed by atoms with van der Waals surface area (Å²) in [5.41, 5.74) is 4.30. The van der Waals surface area contributed by atoms with Crippen LogP contribution in [0.2, 0.25) is 0 Å². The van der Waals surface area contributed by atoms with Crippen LogP contribution in [0.1, 0.15) is 30.4 Å².